The Morgan fingerprint density at radius 1 is 1.00 bits per heavy atom. The van der Waals surface area contributed by atoms with Crippen LogP contribution < -0.4 is 9.46 Å². The molecule has 0 bridgehead atoms. The first-order chi connectivity index (χ1) is 8.31. The topological polar surface area (TPSA) is 21.3 Å². The lowest BCUT2D eigenvalue weighted by Crippen LogP contribution is -1.91. The van der Waals surface area contributed by atoms with Crippen LogP contribution in [0.5, 0.6) is 5.75 Å². The van der Waals surface area contributed by atoms with Crippen LogP contribution in [-0.2, 0) is 0 Å². The molecule has 0 atom stereocenters. The van der Waals surface area contributed by atoms with Crippen molar-refractivity contribution in [1.29, 1.82) is 0 Å². The molecule has 17 heavy (non-hydrogen) atoms. The number of ether oxygens (including phenoxy) is 1. The Labute approximate surface area is 106 Å². The molecule has 0 unspecified atom stereocenters. The zero-order chi connectivity index (χ0) is 12.1. The third kappa shape index (κ3) is 2.94. The van der Waals surface area contributed by atoms with Gasteiger partial charge in [0.15, 0.2) is 0 Å². The maximum atomic E-state index is 5.30. The molecule has 2 nitrogen and oxygen atoms in total. The van der Waals surface area contributed by atoms with Gasteiger partial charge in [-0.15, -0.1) is 0 Å². The molecule has 1 N–H and O–H groups in total. The van der Waals surface area contributed by atoms with Crippen molar-refractivity contribution >= 4 is 17.6 Å². The van der Waals surface area contributed by atoms with Gasteiger partial charge >= 0.3 is 0 Å². The predicted molar refractivity (Wildman–Crippen MR) is 73.7 cm³/mol. The molecule has 0 radical (unpaired) electrons. The van der Waals surface area contributed by atoms with Gasteiger partial charge in [0, 0.05) is 5.69 Å². The Hall–Kier alpha value is -1.61. The lowest BCUT2D eigenvalue weighted by atomic mass is 10.2. The van der Waals surface area contributed by atoms with Crippen molar-refractivity contribution in [3.05, 3.63) is 54.1 Å². The van der Waals surface area contributed by atoms with Crippen LogP contribution in [0.1, 0.15) is 5.56 Å². The second-order valence-corrected chi connectivity index (χ2v) is 4.52. The summed E-state index contributed by atoms with van der Waals surface area (Å²) in [6, 6.07) is 16.2. The Balaban J connectivity index is 2.10. The fraction of sp³-hybridized carbons (Fsp3) is 0.143. The van der Waals surface area contributed by atoms with Gasteiger partial charge in [0.05, 0.1) is 12.0 Å². The Morgan fingerprint density at radius 3 is 2.47 bits per heavy atom. The van der Waals surface area contributed by atoms with Crippen LogP contribution >= 0.6 is 11.9 Å². The highest BCUT2D eigenvalue weighted by Gasteiger charge is 2.03. The number of nitrogens with one attached hydrogen (secondary N) is 1. The molecule has 2 rings (SSSR count). The molecule has 0 aliphatic carbocycles. The van der Waals surface area contributed by atoms with Gasteiger partial charge in [-0.05, 0) is 42.6 Å². The first kappa shape index (κ1) is 11.9. The number of methoxy groups -OCH3 is 1. The first-order valence-electron chi connectivity index (χ1n) is 5.43. The van der Waals surface area contributed by atoms with Gasteiger partial charge < -0.3 is 9.46 Å². The number of rotatable bonds is 4. The molecule has 0 spiro atoms. The summed E-state index contributed by atoms with van der Waals surface area (Å²) in [6.45, 7) is 2.09. The molecule has 2 aromatic rings. The average Bonchev–Trinajstić information content (AvgIpc) is 2.38. The van der Waals surface area contributed by atoms with Crippen LogP contribution in [0.15, 0.2) is 53.4 Å². The molecule has 0 saturated carbocycles. The molecule has 2 aromatic carbocycles. The highest BCUT2D eigenvalue weighted by Crippen LogP contribution is 2.30. The summed E-state index contributed by atoms with van der Waals surface area (Å²) in [6.07, 6.45) is 0. The monoisotopic (exact) mass is 245 g/mol. The van der Waals surface area contributed by atoms with E-state index in [-0.39, 0.29) is 0 Å². The standard InChI is InChI=1S/C14H15NOS/c1-11-7-3-4-8-12(11)15-17-14-10-6-5-9-13(14)16-2/h3-10,15H,1-2H3. The maximum Gasteiger partial charge on any atom is 0.134 e. The summed E-state index contributed by atoms with van der Waals surface area (Å²) in [4.78, 5) is 1.08. The molecule has 3 heteroatoms. The van der Waals surface area contributed by atoms with Crippen molar-refractivity contribution in [1.82, 2.24) is 0 Å². The normalized spacial score (nSPS) is 10.0. The first-order valence-corrected chi connectivity index (χ1v) is 6.24. The Morgan fingerprint density at radius 2 is 1.71 bits per heavy atom. The lowest BCUT2D eigenvalue weighted by molar-refractivity contribution is 0.405. The molecule has 0 heterocycles. The second-order valence-electron chi connectivity index (χ2n) is 3.67. The van der Waals surface area contributed by atoms with E-state index in [0.29, 0.717) is 0 Å². The molecule has 0 amide bonds. The molecule has 0 aromatic heterocycles. The van der Waals surface area contributed by atoms with Crippen molar-refractivity contribution in [2.24, 2.45) is 0 Å². The van der Waals surface area contributed by atoms with Crippen molar-refractivity contribution < 1.29 is 4.74 Å². The minimum atomic E-state index is 0.888. The third-order valence-corrected chi connectivity index (χ3v) is 3.36. The number of anilines is 1. The molecule has 88 valence electrons. The van der Waals surface area contributed by atoms with E-state index in [1.54, 1.807) is 19.1 Å². The van der Waals surface area contributed by atoms with E-state index in [0.717, 1.165) is 16.3 Å². The molecule has 0 aliphatic rings. The fourth-order valence-electron chi connectivity index (χ4n) is 1.50. The second kappa shape index (κ2) is 5.64. The molecule has 0 fully saturated rings. The van der Waals surface area contributed by atoms with Crippen LogP contribution in [0.3, 0.4) is 0 Å². The molecule has 0 saturated heterocycles. The molecular weight excluding hydrogens is 230 g/mol. The van der Waals surface area contributed by atoms with Crippen molar-refractivity contribution in [3.8, 4) is 5.75 Å². The van der Waals surface area contributed by atoms with Gasteiger partial charge in [-0.2, -0.15) is 0 Å². The molecular formula is C14H15NOS. The van der Waals surface area contributed by atoms with E-state index in [1.807, 2.05) is 36.4 Å². The summed E-state index contributed by atoms with van der Waals surface area (Å²) in [5.74, 6) is 0.888. The largest absolute Gasteiger partial charge is 0.496 e. The van der Waals surface area contributed by atoms with E-state index in [1.165, 1.54) is 5.56 Å². The number of para-hydroxylation sites is 2. The summed E-state index contributed by atoms with van der Waals surface area (Å²) >= 11 is 1.56. The number of aryl methyl sites for hydroxylation is 1. The van der Waals surface area contributed by atoms with Crippen LogP contribution in [0.25, 0.3) is 0 Å². The SMILES string of the molecule is COc1ccccc1SNc1ccccc1C. The Bertz CT molecular complexity index is 499. The predicted octanol–water partition coefficient (Wildman–Crippen LogP) is 4.12. The lowest BCUT2D eigenvalue weighted by Gasteiger charge is -2.10. The number of benzene rings is 2. The zero-order valence-corrected chi connectivity index (χ0v) is 10.8. The summed E-state index contributed by atoms with van der Waals surface area (Å²) < 4.78 is 8.64. The highest BCUT2D eigenvalue weighted by atomic mass is 32.2. The van der Waals surface area contributed by atoms with Gasteiger partial charge in [-0.1, -0.05) is 30.3 Å². The van der Waals surface area contributed by atoms with Gasteiger partial charge in [0.25, 0.3) is 0 Å². The van der Waals surface area contributed by atoms with Crippen LogP contribution in [0, 0.1) is 6.92 Å². The minimum Gasteiger partial charge on any atom is -0.496 e. The van der Waals surface area contributed by atoms with Crippen LogP contribution in [0.2, 0.25) is 0 Å². The zero-order valence-electron chi connectivity index (χ0n) is 9.94. The summed E-state index contributed by atoms with van der Waals surface area (Å²) in [5.41, 5.74) is 2.36. The van der Waals surface area contributed by atoms with Gasteiger partial charge in [-0.3, -0.25) is 0 Å². The summed E-state index contributed by atoms with van der Waals surface area (Å²) in [5, 5.41) is 0. The van der Waals surface area contributed by atoms with Crippen molar-refractivity contribution in [2.75, 3.05) is 11.8 Å². The van der Waals surface area contributed by atoms with Gasteiger partial charge in [0.2, 0.25) is 0 Å². The van der Waals surface area contributed by atoms with E-state index in [4.69, 9.17) is 4.74 Å². The van der Waals surface area contributed by atoms with Crippen molar-refractivity contribution in [2.45, 2.75) is 11.8 Å². The summed E-state index contributed by atoms with van der Waals surface area (Å²) in [7, 11) is 1.69. The van der Waals surface area contributed by atoms with E-state index < -0.39 is 0 Å². The maximum absolute atomic E-state index is 5.30. The van der Waals surface area contributed by atoms with Gasteiger partial charge in [0.1, 0.15) is 5.75 Å². The van der Waals surface area contributed by atoms with Crippen molar-refractivity contribution in [3.63, 3.8) is 0 Å². The smallest absolute Gasteiger partial charge is 0.134 e. The van der Waals surface area contributed by atoms with E-state index >= 15 is 0 Å². The van der Waals surface area contributed by atoms with E-state index in [9.17, 15) is 0 Å². The number of hydrogen-bond donors (Lipinski definition) is 1. The van der Waals surface area contributed by atoms with Crippen LogP contribution in [0.4, 0.5) is 5.69 Å². The Kier molecular flexibility index (Phi) is 3.94. The van der Waals surface area contributed by atoms with E-state index in [2.05, 4.69) is 23.8 Å². The van der Waals surface area contributed by atoms with Gasteiger partial charge in [-0.25, -0.2) is 0 Å². The minimum absolute atomic E-state index is 0.888. The average molecular weight is 245 g/mol. The fourth-order valence-corrected chi connectivity index (χ4v) is 2.35. The third-order valence-electron chi connectivity index (χ3n) is 2.49. The highest BCUT2D eigenvalue weighted by molar-refractivity contribution is 8.00. The quantitative estimate of drug-likeness (QED) is 0.819. The number of hydrogen-bond acceptors (Lipinski definition) is 3. The van der Waals surface area contributed by atoms with Crippen LogP contribution in [-0.4, -0.2) is 7.11 Å². The molecule has 0 aliphatic heterocycles.